The quantitative estimate of drug-likeness (QED) is 0.595. The molecule has 0 aliphatic carbocycles. The summed E-state index contributed by atoms with van der Waals surface area (Å²) in [5.41, 5.74) is 3.20. The highest BCUT2D eigenvalue weighted by Crippen LogP contribution is 2.19. The SMILES string of the molecule is COCCC(Cc1cccc(Cl)c1F)NN. The number of nitrogens with one attached hydrogen (secondary N) is 1. The van der Waals surface area contributed by atoms with Crippen molar-refractivity contribution in [3.05, 3.63) is 34.6 Å². The predicted molar refractivity (Wildman–Crippen MR) is 62.7 cm³/mol. The largest absolute Gasteiger partial charge is 0.385 e. The van der Waals surface area contributed by atoms with Crippen molar-refractivity contribution in [1.82, 2.24) is 5.43 Å². The molecule has 3 N–H and O–H groups in total. The molecule has 1 rings (SSSR count). The van der Waals surface area contributed by atoms with Crippen molar-refractivity contribution in [2.45, 2.75) is 18.9 Å². The molecule has 0 heterocycles. The van der Waals surface area contributed by atoms with Crippen LogP contribution in [0.3, 0.4) is 0 Å². The van der Waals surface area contributed by atoms with E-state index in [1.165, 1.54) is 6.07 Å². The molecule has 1 aromatic rings. The summed E-state index contributed by atoms with van der Waals surface area (Å²) in [5.74, 6) is 5.02. The first-order chi connectivity index (χ1) is 7.69. The van der Waals surface area contributed by atoms with E-state index in [0.29, 0.717) is 18.6 Å². The van der Waals surface area contributed by atoms with Gasteiger partial charge in [-0.2, -0.15) is 0 Å². The molecule has 0 saturated carbocycles. The number of benzene rings is 1. The van der Waals surface area contributed by atoms with E-state index in [1.807, 2.05) is 0 Å². The highest BCUT2D eigenvalue weighted by atomic mass is 35.5. The van der Waals surface area contributed by atoms with Gasteiger partial charge in [-0.25, -0.2) is 4.39 Å². The summed E-state index contributed by atoms with van der Waals surface area (Å²) in [7, 11) is 1.62. The van der Waals surface area contributed by atoms with Gasteiger partial charge in [0.2, 0.25) is 0 Å². The Kier molecular flexibility index (Phi) is 5.69. The van der Waals surface area contributed by atoms with E-state index < -0.39 is 0 Å². The second-order valence-corrected chi connectivity index (χ2v) is 3.97. The molecule has 0 spiro atoms. The van der Waals surface area contributed by atoms with Gasteiger partial charge in [0, 0.05) is 19.8 Å². The molecule has 0 fully saturated rings. The van der Waals surface area contributed by atoms with E-state index in [9.17, 15) is 4.39 Å². The lowest BCUT2D eigenvalue weighted by Gasteiger charge is -2.15. The van der Waals surface area contributed by atoms with Crippen LogP contribution in [0.2, 0.25) is 5.02 Å². The van der Waals surface area contributed by atoms with Crippen LogP contribution in [0.5, 0.6) is 0 Å². The molecule has 0 radical (unpaired) electrons. The third-order valence-electron chi connectivity index (χ3n) is 2.40. The Balaban J connectivity index is 2.66. The van der Waals surface area contributed by atoms with Crippen molar-refractivity contribution in [2.75, 3.05) is 13.7 Å². The Morgan fingerprint density at radius 2 is 2.31 bits per heavy atom. The van der Waals surface area contributed by atoms with Crippen LogP contribution in [0.1, 0.15) is 12.0 Å². The van der Waals surface area contributed by atoms with E-state index in [2.05, 4.69) is 5.43 Å². The minimum atomic E-state index is -0.373. The maximum atomic E-state index is 13.6. The summed E-state index contributed by atoms with van der Waals surface area (Å²) in [6.07, 6.45) is 1.21. The van der Waals surface area contributed by atoms with E-state index >= 15 is 0 Å². The smallest absolute Gasteiger partial charge is 0.145 e. The minimum absolute atomic E-state index is 0.0204. The van der Waals surface area contributed by atoms with Crippen LogP contribution >= 0.6 is 11.6 Å². The average Bonchev–Trinajstić information content (AvgIpc) is 2.30. The number of methoxy groups -OCH3 is 1. The van der Waals surface area contributed by atoms with Crippen LogP contribution in [-0.4, -0.2) is 19.8 Å². The van der Waals surface area contributed by atoms with Crippen LogP contribution in [0.15, 0.2) is 18.2 Å². The number of rotatable bonds is 6. The van der Waals surface area contributed by atoms with Crippen molar-refractivity contribution >= 4 is 11.6 Å². The van der Waals surface area contributed by atoms with Gasteiger partial charge in [0.1, 0.15) is 5.82 Å². The molecule has 3 nitrogen and oxygen atoms in total. The zero-order valence-corrected chi connectivity index (χ0v) is 9.93. The fourth-order valence-electron chi connectivity index (χ4n) is 1.48. The summed E-state index contributed by atoms with van der Waals surface area (Å²) in [6, 6.07) is 4.94. The standard InChI is InChI=1S/C11H16ClFN2O/c1-16-6-5-9(15-14)7-8-3-2-4-10(12)11(8)13/h2-4,9,15H,5-7,14H2,1H3. The number of hydrazine groups is 1. The fraction of sp³-hybridized carbons (Fsp3) is 0.455. The molecule has 90 valence electrons. The second-order valence-electron chi connectivity index (χ2n) is 3.56. The van der Waals surface area contributed by atoms with Gasteiger partial charge in [-0.3, -0.25) is 11.3 Å². The van der Waals surface area contributed by atoms with Crippen LogP contribution < -0.4 is 11.3 Å². The van der Waals surface area contributed by atoms with Crippen molar-refractivity contribution in [3.63, 3.8) is 0 Å². The van der Waals surface area contributed by atoms with Gasteiger partial charge < -0.3 is 4.74 Å². The van der Waals surface area contributed by atoms with Gasteiger partial charge in [-0.15, -0.1) is 0 Å². The summed E-state index contributed by atoms with van der Waals surface area (Å²) in [6.45, 7) is 0.580. The normalized spacial score (nSPS) is 12.8. The van der Waals surface area contributed by atoms with Gasteiger partial charge >= 0.3 is 0 Å². The van der Waals surface area contributed by atoms with Gasteiger partial charge in [-0.05, 0) is 24.5 Å². The molecule has 16 heavy (non-hydrogen) atoms. The van der Waals surface area contributed by atoms with Gasteiger partial charge in [0.05, 0.1) is 5.02 Å². The lowest BCUT2D eigenvalue weighted by Crippen LogP contribution is -2.37. The molecule has 0 saturated heterocycles. The minimum Gasteiger partial charge on any atom is -0.385 e. The fourth-order valence-corrected chi connectivity index (χ4v) is 1.67. The molecule has 0 amide bonds. The van der Waals surface area contributed by atoms with E-state index in [0.717, 1.165) is 6.42 Å². The predicted octanol–water partition coefficient (Wildman–Crippen LogP) is 1.89. The highest BCUT2D eigenvalue weighted by molar-refractivity contribution is 6.30. The van der Waals surface area contributed by atoms with E-state index in [1.54, 1.807) is 19.2 Å². The maximum Gasteiger partial charge on any atom is 0.145 e. The van der Waals surface area contributed by atoms with Crippen LogP contribution in [-0.2, 0) is 11.2 Å². The molecule has 0 bridgehead atoms. The Morgan fingerprint density at radius 1 is 1.56 bits per heavy atom. The first-order valence-electron chi connectivity index (χ1n) is 5.07. The van der Waals surface area contributed by atoms with Gasteiger partial charge in [0.15, 0.2) is 0 Å². The third-order valence-corrected chi connectivity index (χ3v) is 2.70. The Labute approximate surface area is 99.7 Å². The summed E-state index contributed by atoms with van der Waals surface area (Å²) >= 11 is 5.69. The first kappa shape index (κ1) is 13.4. The van der Waals surface area contributed by atoms with Crippen molar-refractivity contribution in [3.8, 4) is 0 Å². The number of hydrogen-bond acceptors (Lipinski definition) is 3. The molecular weight excluding hydrogens is 231 g/mol. The number of nitrogens with two attached hydrogens (primary N) is 1. The lowest BCUT2D eigenvalue weighted by atomic mass is 10.0. The van der Waals surface area contributed by atoms with E-state index in [-0.39, 0.29) is 16.9 Å². The average molecular weight is 247 g/mol. The molecule has 1 unspecified atom stereocenters. The summed E-state index contributed by atoms with van der Waals surface area (Å²) < 4.78 is 18.5. The monoisotopic (exact) mass is 246 g/mol. The summed E-state index contributed by atoms with van der Waals surface area (Å²) in [4.78, 5) is 0. The number of ether oxygens (including phenoxy) is 1. The zero-order chi connectivity index (χ0) is 12.0. The third kappa shape index (κ3) is 3.72. The zero-order valence-electron chi connectivity index (χ0n) is 9.17. The van der Waals surface area contributed by atoms with Crippen molar-refractivity contribution < 1.29 is 9.13 Å². The first-order valence-corrected chi connectivity index (χ1v) is 5.44. The van der Waals surface area contributed by atoms with Crippen LogP contribution in [0.4, 0.5) is 4.39 Å². The van der Waals surface area contributed by atoms with Crippen LogP contribution in [0.25, 0.3) is 0 Å². The van der Waals surface area contributed by atoms with Gasteiger partial charge in [0.25, 0.3) is 0 Å². The molecular formula is C11H16ClFN2O. The molecule has 1 atom stereocenters. The summed E-state index contributed by atoms with van der Waals surface area (Å²) in [5, 5.41) is 0.139. The number of hydrogen-bond donors (Lipinski definition) is 2. The molecule has 0 aliphatic heterocycles. The maximum absolute atomic E-state index is 13.6. The molecule has 0 aromatic heterocycles. The highest BCUT2D eigenvalue weighted by Gasteiger charge is 2.12. The van der Waals surface area contributed by atoms with E-state index in [4.69, 9.17) is 22.2 Å². The van der Waals surface area contributed by atoms with Crippen molar-refractivity contribution in [1.29, 1.82) is 0 Å². The Bertz CT molecular complexity index is 336. The number of halogens is 2. The molecule has 1 aromatic carbocycles. The molecule has 5 heteroatoms. The second kappa shape index (κ2) is 6.81. The molecule has 0 aliphatic rings. The van der Waals surface area contributed by atoms with Crippen molar-refractivity contribution in [2.24, 2.45) is 5.84 Å². The Morgan fingerprint density at radius 3 is 2.94 bits per heavy atom. The topological polar surface area (TPSA) is 47.3 Å². The van der Waals surface area contributed by atoms with Gasteiger partial charge in [-0.1, -0.05) is 23.7 Å². The Hall–Kier alpha value is -0.680. The van der Waals surface area contributed by atoms with Crippen LogP contribution in [0, 0.1) is 5.82 Å². The lowest BCUT2D eigenvalue weighted by molar-refractivity contribution is 0.182.